The predicted octanol–water partition coefficient (Wildman–Crippen LogP) is 2.96. The van der Waals surface area contributed by atoms with Gasteiger partial charge in [-0.15, -0.1) is 0 Å². The molecule has 33 heavy (non-hydrogen) atoms. The van der Waals surface area contributed by atoms with E-state index in [0.717, 1.165) is 9.21 Å². The van der Waals surface area contributed by atoms with Gasteiger partial charge in [-0.05, 0) is 36.4 Å². The second-order valence-electron chi connectivity index (χ2n) is 7.25. The standard InChI is InChI=1S/C24H20N2O6S/c1-25(17-9-3-2-4-10-17)33(30,31)21-14-8-7-13-20(21)24(29)32-16-15-26-22(27)18-11-5-6-12-19(18)23(26)28/h2-14H,15-16H2,1H3. The van der Waals surface area contributed by atoms with Crippen molar-refractivity contribution >= 4 is 33.5 Å². The molecular weight excluding hydrogens is 444 g/mol. The average Bonchev–Trinajstić information content (AvgIpc) is 3.09. The summed E-state index contributed by atoms with van der Waals surface area (Å²) in [5.74, 6) is -1.79. The summed E-state index contributed by atoms with van der Waals surface area (Å²) < 4.78 is 32.7. The Kier molecular flexibility index (Phi) is 5.97. The fraction of sp³-hybridized carbons (Fsp3) is 0.125. The van der Waals surface area contributed by atoms with E-state index in [9.17, 15) is 22.8 Å². The average molecular weight is 464 g/mol. The number of carbonyl (C=O) groups excluding carboxylic acids is 3. The van der Waals surface area contributed by atoms with Gasteiger partial charge in [-0.3, -0.25) is 18.8 Å². The molecule has 0 saturated carbocycles. The second kappa shape index (κ2) is 8.87. The minimum absolute atomic E-state index is 0.136. The van der Waals surface area contributed by atoms with Gasteiger partial charge in [0.25, 0.3) is 21.8 Å². The lowest BCUT2D eigenvalue weighted by Gasteiger charge is -2.21. The number of carbonyl (C=O) groups is 3. The Bertz CT molecular complexity index is 1300. The molecule has 1 aliphatic heterocycles. The predicted molar refractivity (Wildman–Crippen MR) is 121 cm³/mol. The minimum Gasteiger partial charge on any atom is -0.460 e. The summed E-state index contributed by atoms with van der Waals surface area (Å²) in [6.45, 7) is -0.413. The van der Waals surface area contributed by atoms with Gasteiger partial charge in [-0.25, -0.2) is 13.2 Å². The fourth-order valence-corrected chi connectivity index (χ4v) is 4.91. The Labute approximate surface area is 191 Å². The van der Waals surface area contributed by atoms with Gasteiger partial charge in [0.05, 0.1) is 28.9 Å². The largest absolute Gasteiger partial charge is 0.460 e. The smallest absolute Gasteiger partial charge is 0.339 e. The monoisotopic (exact) mass is 464 g/mol. The summed E-state index contributed by atoms with van der Waals surface area (Å²) >= 11 is 0. The molecule has 0 atom stereocenters. The molecular formula is C24H20N2O6S. The highest BCUT2D eigenvalue weighted by Gasteiger charge is 2.35. The summed E-state index contributed by atoms with van der Waals surface area (Å²) in [7, 11) is -2.65. The number of sulfonamides is 1. The first-order valence-electron chi connectivity index (χ1n) is 10.1. The molecule has 1 aliphatic rings. The van der Waals surface area contributed by atoms with Gasteiger partial charge in [0.1, 0.15) is 11.5 Å². The van der Waals surface area contributed by atoms with Crippen molar-refractivity contribution in [3.63, 3.8) is 0 Å². The molecule has 9 heteroatoms. The maximum Gasteiger partial charge on any atom is 0.339 e. The second-order valence-corrected chi connectivity index (χ2v) is 9.19. The third kappa shape index (κ3) is 4.10. The van der Waals surface area contributed by atoms with Gasteiger partial charge in [-0.2, -0.15) is 0 Å². The number of imide groups is 1. The van der Waals surface area contributed by atoms with E-state index in [1.165, 1.54) is 31.3 Å². The molecule has 3 aromatic carbocycles. The van der Waals surface area contributed by atoms with Gasteiger partial charge in [0, 0.05) is 7.05 Å². The highest BCUT2D eigenvalue weighted by Crippen LogP contribution is 2.25. The van der Waals surface area contributed by atoms with Crippen molar-refractivity contribution in [2.24, 2.45) is 0 Å². The first kappa shape index (κ1) is 22.2. The molecule has 2 amide bonds. The Morgan fingerprint density at radius 2 is 1.39 bits per heavy atom. The van der Waals surface area contributed by atoms with Crippen LogP contribution < -0.4 is 4.31 Å². The molecule has 1 heterocycles. The van der Waals surface area contributed by atoms with E-state index in [2.05, 4.69) is 0 Å². The zero-order valence-electron chi connectivity index (χ0n) is 17.7. The number of amides is 2. The Balaban J connectivity index is 1.48. The Hall–Kier alpha value is -3.98. The molecule has 0 radical (unpaired) electrons. The van der Waals surface area contributed by atoms with E-state index in [1.54, 1.807) is 54.6 Å². The van der Waals surface area contributed by atoms with Crippen molar-refractivity contribution < 1.29 is 27.5 Å². The van der Waals surface area contributed by atoms with Crippen LogP contribution in [0.5, 0.6) is 0 Å². The molecule has 4 rings (SSSR count). The molecule has 0 fully saturated rings. The van der Waals surface area contributed by atoms with Crippen LogP contribution >= 0.6 is 0 Å². The van der Waals surface area contributed by atoms with Crippen LogP contribution in [-0.4, -0.2) is 51.3 Å². The van der Waals surface area contributed by atoms with Gasteiger partial charge in [0.15, 0.2) is 0 Å². The van der Waals surface area contributed by atoms with Crippen molar-refractivity contribution in [2.45, 2.75) is 4.90 Å². The van der Waals surface area contributed by atoms with E-state index in [4.69, 9.17) is 4.74 Å². The number of esters is 1. The molecule has 168 valence electrons. The number of rotatable bonds is 7. The van der Waals surface area contributed by atoms with Crippen molar-refractivity contribution in [2.75, 3.05) is 24.5 Å². The zero-order chi connectivity index (χ0) is 23.6. The lowest BCUT2D eigenvalue weighted by molar-refractivity contribution is 0.0417. The Morgan fingerprint density at radius 3 is 2.03 bits per heavy atom. The first-order chi connectivity index (χ1) is 15.8. The quantitative estimate of drug-likeness (QED) is 0.394. The lowest BCUT2D eigenvalue weighted by atomic mass is 10.1. The van der Waals surface area contributed by atoms with Crippen LogP contribution in [0.15, 0.2) is 83.8 Å². The summed E-state index contributed by atoms with van der Waals surface area (Å²) in [6, 6.07) is 20.6. The number of para-hydroxylation sites is 1. The molecule has 0 N–H and O–H groups in total. The number of hydrogen-bond acceptors (Lipinski definition) is 6. The molecule has 0 aliphatic carbocycles. The molecule has 0 bridgehead atoms. The topological polar surface area (TPSA) is 101 Å². The van der Waals surface area contributed by atoms with Crippen LogP contribution in [0, 0.1) is 0 Å². The van der Waals surface area contributed by atoms with E-state index < -0.39 is 27.8 Å². The number of ether oxygens (including phenoxy) is 1. The molecule has 0 saturated heterocycles. The number of anilines is 1. The zero-order valence-corrected chi connectivity index (χ0v) is 18.5. The van der Waals surface area contributed by atoms with Crippen molar-refractivity contribution in [3.8, 4) is 0 Å². The van der Waals surface area contributed by atoms with Crippen LogP contribution in [0.2, 0.25) is 0 Å². The summed E-state index contributed by atoms with van der Waals surface area (Å²) in [5.41, 5.74) is 0.900. The number of fused-ring (bicyclic) bond motifs is 1. The van der Waals surface area contributed by atoms with E-state index in [0.29, 0.717) is 16.8 Å². The first-order valence-corrected chi connectivity index (χ1v) is 11.5. The van der Waals surface area contributed by atoms with Crippen molar-refractivity contribution in [3.05, 3.63) is 95.6 Å². The van der Waals surface area contributed by atoms with Gasteiger partial charge in [-0.1, -0.05) is 42.5 Å². The number of nitrogens with zero attached hydrogens (tertiary/aromatic N) is 2. The fourth-order valence-electron chi connectivity index (χ4n) is 3.53. The van der Waals surface area contributed by atoms with Crippen LogP contribution in [0.4, 0.5) is 5.69 Å². The molecule has 0 spiro atoms. The van der Waals surface area contributed by atoms with E-state index in [1.807, 2.05) is 0 Å². The highest BCUT2D eigenvalue weighted by molar-refractivity contribution is 7.92. The maximum absolute atomic E-state index is 13.2. The third-order valence-electron chi connectivity index (χ3n) is 5.29. The van der Waals surface area contributed by atoms with Crippen molar-refractivity contribution in [1.29, 1.82) is 0 Å². The lowest BCUT2D eigenvalue weighted by Crippen LogP contribution is -2.33. The maximum atomic E-state index is 13.2. The molecule has 8 nitrogen and oxygen atoms in total. The minimum atomic E-state index is -4.05. The van der Waals surface area contributed by atoms with Gasteiger partial charge >= 0.3 is 5.97 Å². The SMILES string of the molecule is CN(c1ccccc1)S(=O)(=O)c1ccccc1C(=O)OCCN1C(=O)c2ccccc2C1=O. The number of hydrogen-bond donors (Lipinski definition) is 0. The summed E-state index contributed by atoms with van der Waals surface area (Å²) in [6.07, 6.45) is 0. The molecule has 0 unspecified atom stereocenters. The Morgan fingerprint density at radius 1 is 0.848 bits per heavy atom. The van der Waals surface area contributed by atoms with Crippen LogP contribution in [0.1, 0.15) is 31.1 Å². The van der Waals surface area contributed by atoms with Crippen LogP contribution in [0.3, 0.4) is 0 Å². The third-order valence-corrected chi connectivity index (χ3v) is 7.14. The summed E-state index contributed by atoms with van der Waals surface area (Å²) in [5, 5.41) is 0. The van der Waals surface area contributed by atoms with E-state index >= 15 is 0 Å². The van der Waals surface area contributed by atoms with Crippen molar-refractivity contribution in [1.82, 2.24) is 4.90 Å². The van der Waals surface area contributed by atoms with Crippen LogP contribution in [0.25, 0.3) is 0 Å². The number of benzene rings is 3. The van der Waals surface area contributed by atoms with Crippen LogP contribution in [-0.2, 0) is 14.8 Å². The normalized spacial score (nSPS) is 13.1. The van der Waals surface area contributed by atoms with Gasteiger partial charge < -0.3 is 4.74 Å². The summed E-state index contributed by atoms with van der Waals surface area (Å²) in [4.78, 5) is 38.4. The molecule has 3 aromatic rings. The highest BCUT2D eigenvalue weighted by atomic mass is 32.2. The van der Waals surface area contributed by atoms with E-state index in [-0.39, 0.29) is 23.6 Å². The molecule has 0 aromatic heterocycles. The van der Waals surface area contributed by atoms with Gasteiger partial charge in [0.2, 0.25) is 0 Å².